The number of alkyl carbamates (subject to hydrolysis) is 1. The lowest BCUT2D eigenvalue weighted by Gasteiger charge is -2.28. The van der Waals surface area contributed by atoms with E-state index in [0.29, 0.717) is 6.42 Å². The highest BCUT2D eigenvalue weighted by molar-refractivity contribution is 5.68. The van der Waals surface area contributed by atoms with Gasteiger partial charge in [-0.05, 0) is 27.2 Å². The number of unbranched alkanes of at least 4 members (excludes halogenated alkanes) is 11. The Morgan fingerprint density at radius 2 is 1.45 bits per heavy atom. The van der Waals surface area contributed by atoms with Crippen LogP contribution in [0.4, 0.5) is 4.79 Å². The van der Waals surface area contributed by atoms with Crippen LogP contribution in [-0.4, -0.2) is 51.9 Å². The van der Waals surface area contributed by atoms with E-state index < -0.39 is 36.6 Å². The van der Waals surface area contributed by atoms with Gasteiger partial charge >= 0.3 is 6.09 Å². The second kappa shape index (κ2) is 16.9. The summed E-state index contributed by atoms with van der Waals surface area (Å²) >= 11 is 0. The van der Waals surface area contributed by atoms with E-state index in [4.69, 9.17) is 6.11 Å². The minimum absolute atomic E-state index is 0.103. The summed E-state index contributed by atoms with van der Waals surface area (Å²) in [4.78, 5) is 11.9. The molecular formula is C23H47NO5. The number of rotatable bonds is 17. The summed E-state index contributed by atoms with van der Waals surface area (Å²) in [6, 6.07) is -1.01. The van der Waals surface area contributed by atoms with Crippen LogP contribution in [0.3, 0.4) is 0 Å². The second-order valence-corrected chi connectivity index (χ2v) is 8.82. The number of nitrogens with one attached hydrogen (secondary N) is 1. The fourth-order valence-corrected chi connectivity index (χ4v) is 3.30. The first-order valence-electron chi connectivity index (χ1n) is 12.2. The number of carbonyl (C=O) groups is 1. The average Bonchev–Trinajstić information content (AvgIpc) is 2.71. The molecule has 174 valence electrons. The first-order valence-corrected chi connectivity index (χ1v) is 11.5. The molecule has 0 aliphatic rings. The van der Waals surface area contributed by atoms with Gasteiger partial charge < -0.3 is 25.4 Å². The Hall–Kier alpha value is -0.850. The predicted molar refractivity (Wildman–Crippen MR) is 118 cm³/mol. The molecule has 0 rings (SSSR count). The smallest absolute Gasteiger partial charge is 0.408 e. The molecule has 1 amide bonds. The molecule has 0 aliphatic heterocycles. The Morgan fingerprint density at radius 1 is 0.966 bits per heavy atom. The van der Waals surface area contributed by atoms with Gasteiger partial charge in [-0.3, -0.25) is 0 Å². The molecule has 6 nitrogen and oxygen atoms in total. The number of aliphatic hydroxyl groups excluding tert-OH is 3. The van der Waals surface area contributed by atoms with Gasteiger partial charge in [-0.15, -0.1) is 0 Å². The Balaban J connectivity index is 3.87. The highest BCUT2D eigenvalue weighted by Gasteiger charge is 2.28. The van der Waals surface area contributed by atoms with Gasteiger partial charge in [0.1, 0.15) is 11.7 Å². The van der Waals surface area contributed by atoms with Crippen molar-refractivity contribution in [1.29, 1.82) is 0 Å². The fraction of sp³-hybridized carbons (Fsp3) is 0.957. The first kappa shape index (κ1) is 26.2. The van der Waals surface area contributed by atoms with E-state index in [1.807, 2.05) is 0 Å². The molecule has 0 aliphatic carbocycles. The Bertz CT molecular complexity index is 422. The molecule has 0 aromatic rings. The van der Waals surface area contributed by atoms with Crippen LogP contribution in [0.5, 0.6) is 0 Å². The number of amides is 1. The topological polar surface area (TPSA) is 99.0 Å². The van der Waals surface area contributed by atoms with Crippen LogP contribution in [0, 0.1) is 0 Å². The molecule has 0 saturated carbocycles. The largest absolute Gasteiger partial charge is 0.444 e. The van der Waals surface area contributed by atoms with E-state index in [1.165, 1.54) is 57.8 Å². The summed E-state index contributed by atoms with van der Waals surface area (Å²) in [5.41, 5.74) is -0.956. The summed E-state index contributed by atoms with van der Waals surface area (Å²) in [7, 11) is 0. The lowest BCUT2D eigenvalue weighted by atomic mass is 9.99. The van der Waals surface area contributed by atoms with E-state index in [-0.39, 0.29) is 6.90 Å². The molecule has 0 unspecified atom stereocenters. The third-order valence-electron chi connectivity index (χ3n) is 5.03. The van der Waals surface area contributed by atoms with Crippen molar-refractivity contribution >= 4 is 6.09 Å². The maximum absolute atomic E-state index is 11.9. The van der Waals surface area contributed by atoms with Crippen molar-refractivity contribution in [2.45, 2.75) is 135 Å². The fourth-order valence-electron chi connectivity index (χ4n) is 3.30. The second-order valence-electron chi connectivity index (χ2n) is 8.82. The predicted octanol–water partition coefficient (Wildman–Crippen LogP) is 4.69. The Morgan fingerprint density at radius 3 is 1.90 bits per heavy atom. The summed E-state index contributed by atoms with van der Waals surface area (Å²) < 4.78 is 12.4. The van der Waals surface area contributed by atoms with Crippen LogP contribution in [-0.2, 0) is 4.74 Å². The van der Waals surface area contributed by atoms with Crippen molar-refractivity contribution in [3.05, 3.63) is 0 Å². The molecule has 0 spiro atoms. The third kappa shape index (κ3) is 16.6. The first-order chi connectivity index (χ1) is 14.3. The van der Waals surface area contributed by atoms with E-state index in [9.17, 15) is 20.1 Å². The van der Waals surface area contributed by atoms with Gasteiger partial charge in [0.2, 0.25) is 0 Å². The molecule has 0 bridgehead atoms. The molecule has 0 fully saturated rings. The maximum Gasteiger partial charge on any atom is 0.408 e. The van der Waals surface area contributed by atoms with Gasteiger partial charge in [0, 0.05) is 1.37 Å². The zero-order chi connectivity index (χ0) is 22.8. The SMILES string of the molecule is [2H]CC(C)(C)OC(=O)N[C@@H](CO)[C@H](O)[C@H](O)CCCCCCCCCCCCCC. The summed E-state index contributed by atoms with van der Waals surface area (Å²) in [5, 5.41) is 32.3. The van der Waals surface area contributed by atoms with Crippen LogP contribution in [0.2, 0.25) is 0 Å². The number of carbonyl (C=O) groups excluding carboxylic acids is 1. The van der Waals surface area contributed by atoms with Crippen molar-refractivity contribution in [3.63, 3.8) is 0 Å². The number of hydrogen-bond donors (Lipinski definition) is 4. The van der Waals surface area contributed by atoms with Crippen LogP contribution >= 0.6 is 0 Å². The highest BCUT2D eigenvalue weighted by Crippen LogP contribution is 2.15. The number of ether oxygens (including phenoxy) is 1. The Kier molecular flexibility index (Phi) is 15.3. The summed E-state index contributed by atoms with van der Waals surface area (Å²) in [6.45, 7) is 4.83. The quantitative estimate of drug-likeness (QED) is 0.257. The van der Waals surface area contributed by atoms with Gasteiger partial charge in [0.15, 0.2) is 0 Å². The molecule has 0 saturated heterocycles. The molecule has 6 heteroatoms. The minimum Gasteiger partial charge on any atom is -0.444 e. The standard InChI is InChI=1S/C23H47NO5/c1-5-6-7-8-9-10-11-12-13-14-15-16-17-20(26)21(27)19(18-25)24-22(28)29-23(2,3)4/h19-21,25-27H,5-18H2,1-4H3,(H,24,28)/t19-,20+,21-/m0/s1/i2D. The molecule has 0 heterocycles. The molecule has 29 heavy (non-hydrogen) atoms. The van der Waals surface area contributed by atoms with Crippen LogP contribution in [0.15, 0.2) is 0 Å². The molecule has 4 N–H and O–H groups in total. The summed E-state index contributed by atoms with van der Waals surface area (Å²) in [6.07, 6.45) is 12.0. The van der Waals surface area contributed by atoms with Crippen molar-refractivity contribution in [2.75, 3.05) is 6.61 Å². The van der Waals surface area contributed by atoms with Crippen molar-refractivity contribution in [2.24, 2.45) is 0 Å². The molecule has 3 atom stereocenters. The zero-order valence-corrected chi connectivity index (χ0v) is 19.0. The lowest BCUT2D eigenvalue weighted by Crippen LogP contribution is -2.51. The van der Waals surface area contributed by atoms with Gasteiger partial charge in [-0.25, -0.2) is 4.79 Å². The molecule has 0 radical (unpaired) electrons. The Labute approximate surface area is 179 Å². The van der Waals surface area contributed by atoms with E-state index in [2.05, 4.69) is 12.2 Å². The molecular weight excluding hydrogens is 370 g/mol. The van der Waals surface area contributed by atoms with E-state index in [0.717, 1.165) is 19.3 Å². The van der Waals surface area contributed by atoms with Crippen molar-refractivity contribution in [1.82, 2.24) is 5.32 Å². The maximum atomic E-state index is 11.9. The molecule has 0 aromatic heterocycles. The highest BCUT2D eigenvalue weighted by atomic mass is 16.6. The van der Waals surface area contributed by atoms with Crippen LogP contribution < -0.4 is 5.32 Å². The van der Waals surface area contributed by atoms with Crippen molar-refractivity contribution < 1.29 is 26.2 Å². The monoisotopic (exact) mass is 418 g/mol. The third-order valence-corrected chi connectivity index (χ3v) is 5.03. The van der Waals surface area contributed by atoms with E-state index >= 15 is 0 Å². The number of aliphatic hydroxyl groups is 3. The van der Waals surface area contributed by atoms with Gasteiger partial charge in [0.25, 0.3) is 0 Å². The van der Waals surface area contributed by atoms with Gasteiger partial charge in [-0.1, -0.05) is 84.0 Å². The normalized spacial score (nSPS) is 15.4. The lowest BCUT2D eigenvalue weighted by molar-refractivity contribution is -0.0248. The average molecular weight is 419 g/mol. The zero-order valence-electron chi connectivity index (χ0n) is 20.0. The summed E-state index contributed by atoms with van der Waals surface area (Å²) in [5.74, 6) is 0. The minimum atomic E-state index is -1.27. The van der Waals surface area contributed by atoms with Crippen molar-refractivity contribution in [3.8, 4) is 0 Å². The number of hydrogen-bond acceptors (Lipinski definition) is 5. The van der Waals surface area contributed by atoms with E-state index in [1.54, 1.807) is 13.8 Å². The van der Waals surface area contributed by atoms with Crippen LogP contribution in [0.1, 0.15) is 113 Å². The van der Waals surface area contributed by atoms with Crippen LogP contribution in [0.25, 0.3) is 0 Å². The molecule has 0 aromatic carbocycles. The van der Waals surface area contributed by atoms with Gasteiger partial charge in [0.05, 0.1) is 18.8 Å². The van der Waals surface area contributed by atoms with Gasteiger partial charge in [-0.2, -0.15) is 0 Å².